The first-order valence-electron chi connectivity index (χ1n) is 25.4. The van der Waals surface area contributed by atoms with E-state index in [1.807, 2.05) is 43.3 Å². The van der Waals surface area contributed by atoms with E-state index in [9.17, 15) is 9.59 Å². The number of benzene rings is 10. The molecule has 1 aliphatic rings. The Labute approximate surface area is 457 Å². The van der Waals surface area contributed by atoms with Gasteiger partial charge in [-0.3, -0.25) is 9.59 Å². The maximum absolute atomic E-state index is 15.1. The summed E-state index contributed by atoms with van der Waals surface area (Å²) in [5.41, 5.74) is 2.12. The van der Waals surface area contributed by atoms with Gasteiger partial charge in [0.05, 0.1) is 12.5 Å². The molecular formula is C68H46F6O6. The van der Waals surface area contributed by atoms with Crippen LogP contribution >= 0.6 is 0 Å². The zero-order valence-electron chi connectivity index (χ0n) is 42.8. The average molecular weight is 1070 g/mol. The maximum atomic E-state index is 15.1. The Morgan fingerprint density at radius 1 is 0.350 bits per heavy atom. The summed E-state index contributed by atoms with van der Waals surface area (Å²) >= 11 is 0. The SMILES string of the molecule is COc1ccc(C2(c3ccc(Oc4ccc(C(=O)c5ccc(Oc6ccc(C(c7ccc(Oc8ccc(C(=O)c9ccc(C)cc9)cc8)cc7)(C(F)(F)F)C(F)(F)F)cc6)cc5)cc4)cc3)c3ccccc3-c3ccccc32)cc1. The highest BCUT2D eigenvalue weighted by Crippen LogP contribution is 2.58. The third-order valence-corrected chi connectivity index (χ3v) is 14.6. The Morgan fingerprint density at radius 3 is 0.938 bits per heavy atom. The number of halogens is 6. The van der Waals surface area contributed by atoms with E-state index in [4.69, 9.17) is 18.9 Å². The van der Waals surface area contributed by atoms with Crippen molar-refractivity contribution in [1.82, 2.24) is 0 Å². The Hall–Kier alpha value is -9.68. The number of rotatable bonds is 15. The minimum Gasteiger partial charge on any atom is -0.497 e. The van der Waals surface area contributed by atoms with Crippen LogP contribution in [0.5, 0.6) is 40.2 Å². The number of hydrogen-bond donors (Lipinski definition) is 0. The summed E-state index contributed by atoms with van der Waals surface area (Å²) in [7, 11) is 1.65. The number of ketones is 2. The Morgan fingerprint density at radius 2 is 0.625 bits per heavy atom. The van der Waals surface area contributed by atoms with Gasteiger partial charge in [0.2, 0.25) is 5.41 Å². The van der Waals surface area contributed by atoms with Gasteiger partial charge in [0.15, 0.2) is 11.6 Å². The highest BCUT2D eigenvalue weighted by Gasteiger charge is 2.72. The van der Waals surface area contributed by atoms with Crippen molar-refractivity contribution in [2.75, 3.05) is 7.11 Å². The molecule has 1 aliphatic carbocycles. The molecule has 0 amide bonds. The first-order valence-corrected chi connectivity index (χ1v) is 25.4. The highest BCUT2D eigenvalue weighted by atomic mass is 19.4. The number of methoxy groups -OCH3 is 1. The van der Waals surface area contributed by atoms with Crippen molar-refractivity contribution in [3.63, 3.8) is 0 Å². The molecule has 11 rings (SSSR count). The summed E-state index contributed by atoms with van der Waals surface area (Å²) in [5.74, 6) is 1.63. The molecule has 10 aromatic rings. The molecule has 0 bridgehead atoms. The molecule has 80 heavy (non-hydrogen) atoms. The molecule has 0 radical (unpaired) electrons. The van der Waals surface area contributed by atoms with Gasteiger partial charge in [0, 0.05) is 22.3 Å². The Kier molecular flexibility index (Phi) is 13.7. The number of alkyl halides is 6. The standard InChI is InChI=1S/C68H46F6O6/c1-43-11-13-44(14-12-43)63(75)45-15-29-54(30-16-45)79-57-39-25-50(26-40-57)66(67(69,70)71,68(72,73)74)51-27-41-58(42-28-51)80-55-33-19-47(20-34-55)64(76)46-17-31-53(32-18-46)78-56-37-23-49(24-38-56)65(48-21-35-52(77-2)36-22-48)61-9-5-3-7-59(61)60-8-4-6-10-62(60)65/h3-42H,1-2H3. The molecule has 0 saturated carbocycles. The van der Waals surface area contributed by atoms with Crippen LogP contribution in [-0.4, -0.2) is 31.0 Å². The van der Waals surface area contributed by atoms with Crippen LogP contribution in [0.1, 0.15) is 70.8 Å². The number of carbonyl (C=O) groups is 2. The van der Waals surface area contributed by atoms with Gasteiger partial charge in [0.1, 0.15) is 40.2 Å². The van der Waals surface area contributed by atoms with E-state index in [1.54, 1.807) is 43.5 Å². The highest BCUT2D eigenvalue weighted by molar-refractivity contribution is 6.09. The van der Waals surface area contributed by atoms with Crippen molar-refractivity contribution in [2.45, 2.75) is 30.1 Å². The molecule has 0 N–H and O–H groups in total. The van der Waals surface area contributed by atoms with E-state index >= 15 is 26.3 Å². The molecule has 0 aromatic heterocycles. The van der Waals surface area contributed by atoms with Gasteiger partial charge in [-0.15, -0.1) is 0 Å². The first-order chi connectivity index (χ1) is 38.6. The van der Waals surface area contributed by atoms with Gasteiger partial charge in [-0.1, -0.05) is 127 Å². The normalized spacial score (nSPS) is 12.7. The predicted molar refractivity (Wildman–Crippen MR) is 294 cm³/mol. The summed E-state index contributed by atoms with van der Waals surface area (Å²) in [4.78, 5) is 26.5. The van der Waals surface area contributed by atoms with Crippen LogP contribution in [0.25, 0.3) is 11.1 Å². The second-order valence-electron chi connectivity index (χ2n) is 19.3. The molecule has 6 nitrogen and oxygen atoms in total. The second-order valence-corrected chi connectivity index (χ2v) is 19.3. The van der Waals surface area contributed by atoms with Crippen molar-refractivity contribution < 1.29 is 54.9 Å². The second kappa shape index (κ2) is 20.9. The summed E-state index contributed by atoms with van der Waals surface area (Å²) in [6.45, 7) is 1.90. The van der Waals surface area contributed by atoms with E-state index in [0.29, 0.717) is 33.8 Å². The average Bonchev–Trinajstić information content (AvgIpc) is 3.96. The van der Waals surface area contributed by atoms with E-state index < -0.39 is 34.3 Å². The van der Waals surface area contributed by atoms with Gasteiger partial charge >= 0.3 is 12.4 Å². The molecule has 0 saturated heterocycles. The zero-order valence-corrected chi connectivity index (χ0v) is 42.8. The van der Waals surface area contributed by atoms with E-state index in [1.165, 1.54) is 70.8 Å². The minimum absolute atomic E-state index is 0.0272. The fraction of sp³-hybridized carbons (Fsp3) is 0.0882. The van der Waals surface area contributed by atoms with E-state index in [2.05, 4.69) is 72.8 Å². The van der Waals surface area contributed by atoms with Crippen LogP contribution in [0.15, 0.2) is 243 Å². The van der Waals surface area contributed by atoms with Crippen LogP contribution in [0.3, 0.4) is 0 Å². The Bertz CT molecular complexity index is 3800. The van der Waals surface area contributed by atoms with Crippen molar-refractivity contribution in [1.29, 1.82) is 0 Å². The predicted octanol–water partition coefficient (Wildman–Crippen LogP) is 17.6. The van der Waals surface area contributed by atoms with Gasteiger partial charge in [0.25, 0.3) is 0 Å². The van der Waals surface area contributed by atoms with Gasteiger partial charge < -0.3 is 18.9 Å². The maximum Gasteiger partial charge on any atom is 0.411 e. The van der Waals surface area contributed by atoms with Crippen LogP contribution < -0.4 is 18.9 Å². The van der Waals surface area contributed by atoms with Gasteiger partial charge in [-0.2, -0.15) is 26.3 Å². The number of aryl methyl sites for hydroxylation is 1. The molecule has 396 valence electrons. The first kappa shape index (κ1) is 52.4. The molecule has 10 aromatic carbocycles. The topological polar surface area (TPSA) is 71.1 Å². The molecule has 0 aliphatic heterocycles. The number of hydrogen-bond acceptors (Lipinski definition) is 6. The van der Waals surface area contributed by atoms with E-state index in [0.717, 1.165) is 71.0 Å². The van der Waals surface area contributed by atoms with Crippen LogP contribution in [-0.2, 0) is 10.8 Å². The third-order valence-electron chi connectivity index (χ3n) is 14.6. The molecule has 12 heteroatoms. The molecule has 0 atom stereocenters. The molecule has 0 fully saturated rings. The molecule has 0 heterocycles. The lowest BCUT2D eigenvalue weighted by Crippen LogP contribution is -2.54. The van der Waals surface area contributed by atoms with Crippen molar-refractivity contribution in [2.24, 2.45) is 0 Å². The zero-order chi connectivity index (χ0) is 55.8. The lowest BCUT2D eigenvalue weighted by Gasteiger charge is -2.38. The summed E-state index contributed by atoms with van der Waals surface area (Å²) < 4.78 is 114. The summed E-state index contributed by atoms with van der Waals surface area (Å²) in [5, 5.41) is 0. The number of carbonyl (C=O) groups excluding carboxylic acids is 2. The van der Waals surface area contributed by atoms with E-state index in [-0.39, 0.29) is 34.6 Å². The molecular weight excluding hydrogens is 1030 g/mol. The van der Waals surface area contributed by atoms with Gasteiger partial charge in [-0.25, -0.2) is 0 Å². The lowest BCUT2D eigenvalue weighted by molar-refractivity contribution is -0.288. The van der Waals surface area contributed by atoms with Gasteiger partial charge in [-0.05, 0) is 173 Å². The molecule has 0 unspecified atom stereocenters. The van der Waals surface area contributed by atoms with Crippen molar-refractivity contribution >= 4 is 11.6 Å². The third kappa shape index (κ3) is 9.52. The monoisotopic (exact) mass is 1070 g/mol. The van der Waals surface area contributed by atoms with Crippen LogP contribution in [0, 0.1) is 6.92 Å². The summed E-state index contributed by atoms with van der Waals surface area (Å²) in [6, 6.07) is 65.8. The fourth-order valence-electron chi connectivity index (χ4n) is 10.6. The molecule has 0 spiro atoms. The van der Waals surface area contributed by atoms with Crippen molar-refractivity contribution in [3.8, 4) is 51.4 Å². The van der Waals surface area contributed by atoms with Crippen molar-refractivity contribution in [3.05, 3.63) is 304 Å². The largest absolute Gasteiger partial charge is 0.497 e. The quantitative estimate of drug-likeness (QED) is 0.0752. The van der Waals surface area contributed by atoms with Crippen LogP contribution in [0.2, 0.25) is 0 Å². The minimum atomic E-state index is -5.83. The number of ether oxygens (including phenoxy) is 4. The van der Waals surface area contributed by atoms with Crippen LogP contribution in [0.4, 0.5) is 26.3 Å². The lowest BCUT2D eigenvalue weighted by atomic mass is 9.68. The summed E-state index contributed by atoms with van der Waals surface area (Å²) in [6.07, 6.45) is -11.7. The smallest absolute Gasteiger partial charge is 0.411 e. The Balaban J connectivity index is 0.752. The number of fused-ring (bicyclic) bond motifs is 3. The fourth-order valence-corrected chi connectivity index (χ4v) is 10.6.